The second-order valence-corrected chi connectivity index (χ2v) is 6.63. The third kappa shape index (κ3) is 6.71. The van der Waals surface area contributed by atoms with Gasteiger partial charge in [-0.3, -0.25) is 9.59 Å². The monoisotopic (exact) mass is 394 g/mol. The predicted molar refractivity (Wildman–Crippen MR) is 109 cm³/mol. The predicted octanol–water partition coefficient (Wildman–Crippen LogP) is 3.46. The lowest BCUT2D eigenvalue weighted by molar-refractivity contribution is -0.137. The summed E-state index contributed by atoms with van der Waals surface area (Å²) in [5.41, 5.74) is 9.62. The van der Waals surface area contributed by atoms with Crippen molar-refractivity contribution >= 4 is 41.7 Å². The number of carbonyl (C=O) groups excluding carboxylic acids is 2. The van der Waals surface area contributed by atoms with E-state index >= 15 is 0 Å². The first kappa shape index (κ1) is 22.0. The smallest absolute Gasteiger partial charge is 0.315 e. The molecule has 2 aromatic carbocycles. The van der Waals surface area contributed by atoms with Crippen molar-refractivity contribution in [3.63, 3.8) is 0 Å². The van der Waals surface area contributed by atoms with Crippen LogP contribution in [-0.2, 0) is 20.1 Å². The number of benzene rings is 2. The van der Waals surface area contributed by atoms with Crippen molar-refractivity contribution in [3.05, 3.63) is 65.2 Å². The maximum Gasteiger partial charge on any atom is 0.315 e. The normalized spacial score (nSPS) is 11.2. The lowest BCUT2D eigenvalue weighted by atomic mass is 10.1. The molecule has 3 N–H and O–H groups in total. The van der Waals surface area contributed by atoms with Crippen LogP contribution in [0.4, 0.5) is 5.69 Å². The molecule has 0 saturated carbocycles. The van der Waals surface area contributed by atoms with Crippen molar-refractivity contribution in [1.29, 1.82) is 0 Å². The molecule has 0 bridgehead atoms. The highest BCUT2D eigenvalue weighted by atomic mass is 35.5. The maximum atomic E-state index is 12.3. The van der Waals surface area contributed by atoms with Gasteiger partial charge in [0.05, 0.1) is 12.9 Å². The Morgan fingerprint density at radius 3 is 2.54 bits per heavy atom. The molecular weight excluding hydrogens is 372 g/mol. The van der Waals surface area contributed by atoms with Gasteiger partial charge in [0.15, 0.2) is 0 Å². The highest BCUT2D eigenvalue weighted by Crippen LogP contribution is 2.19. The molecular formula is C19H23ClN2O3S. The van der Waals surface area contributed by atoms with E-state index in [-0.39, 0.29) is 24.3 Å². The van der Waals surface area contributed by atoms with E-state index in [0.29, 0.717) is 17.2 Å². The quantitative estimate of drug-likeness (QED) is 0.703. The van der Waals surface area contributed by atoms with E-state index in [0.717, 1.165) is 16.7 Å². The van der Waals surface area contributed by atoms with E-state index in [1.807, 2.05) is 55.5 Å². The number of nitrogens with two attached hydrogens (primary N) is 1. The van der Waals surface area contributed by atoms with E-state index in [9.17, 15) is 9.59 Å². The fourth-order valence-corrected chi connectivity index (χ4v) is 3.00. The molecule has 140 valence electrons. The molecule has 2 aromatic rings. The average molecular weight is 395 g/mol. The summed E-state index contributed by atoms with van der Waals surface area (Å²) >= 11 is 1.46. The van der Waals surface area contributed by atoms with Crippen LogP contribution in [-0.4, -0.2) is 24.7 Å². The minimum absolute atomic E-state index is 0. The highest BCUT2D eigenvalue weighted by molar-refractivity contribution is 7.99. The van der Waals surface area contributed by atoms with Crippen LogP contribution in [0.15, 0.2) is 48.5 Å². The lowest BCUT2D eigenvalue weighted by Crippen LogP contribution is -2.27. The summed E-state index contributed by atoms with van der Waals surface area (Å²) in [4.78, 5) is 23.5. The summed E-state index contributed by atoms with van der Waals surface area (Å²) in [6.07, 6.45) is 0. The fraction of sp³-hybridized carbons (Fsp3) is 0.263. The summed E-state index contributed by atoms with van der Waals surface area (Å²) in [7, 11) is 1.37. The number of ether oxygens (including phenoxy) is 1. The zero-order chi connectivity index (χ0) is 18.2. The molecule has 2 rings (SSSR count). The number of carbonyl (C=O) groups is 2. The van der Waals surface area contributed by atoms with Gasteiger partial charge in [-0.05, 0) is 30.2 Å². The minimum Gasteiger partial charge on any atom is -0.468 e. The Bertz CT molecular complexity index is 738. The Kier molecular flexibility index (Phi) is 9.19. The number of halogens is 1. The first-order chi connectivity index (χ1) is 12.0. The molecule has 0 fully saturated rings. The van der Waals surface area contributed by atoms with Crippen LogP contribution in [0, 0.1) is 6.92 Å². The van der Waals surface area contributed by atoms with Gasteiger partial charge in [-0.2, -0.15) is 0 Å². The Morgan fingerprint density at radius 2 is 1.88 bits per heavy atom. The topological polar surface area (TPSA) is 81.4 Å². The Balaban J connectivity index is 0.00000338. The van der Waals surface area contributed by atoms with Gasteiger partial charge in [0.1, 0.15) is 6.04 Å². The van der Waals surface area contributed by atoms with Crippen molar-refractivity contribution < 1.29 is 14.3 Å². The molecule has 0 aromatic heterocycles. The summed E-state index contributed by atoms with van der Waals surface area (Å²) in [6, 6.07) is 14.4. The van der Waals surface area contributed by atoms with Gasteiger partial charge >= 0.3 is 5.97 Å². The molecule has 0 radical (unpaired) electrons. The number of hydrogen-bond acceptors (Lipinski definition) is 5. The van der Waals surface area contributed by atoms with E-state index in [1.54, 1.807) is 0 Å². The zero-order valence-electron chi connectivity index (χ0n) is 14.7. The van der Waals surface area contributed by atoms with Crippen molar-refractivity contribution in [2.75, 3.05) is 18.2 Å². The molecule has 5 nitrogen and oxygen atoms in total. The molecule has 7 heteroatoms. The average Bonchev–Trinajstić information content (AvgIpc) is 2.62. The number of nitrogens with one attached hydrogen (secondary N) is 1. The summed E-state index contributed by atoms with van der Waals surface area (Å²) in [5, 5.41) is 2.84. The Morgan fingerprint density at radius 1 is 1.19 bits per heavy atom. The first-order valence-corrected chi connectivity index (χ1v) is 9.01. The van der Waals surface area contributed by atoms with Crippen molar-refractivity contribution in [2.45, 2.75) is 18.7 Å². The second kappa shape index (κ2) is 10.9. The molecule has 0 aliphatic carbocycles. The van der Waals surface area contributed by atoms with E-state index < -0.39 is 6.04 Å². The van der Waals surface area contributed by atoms with Crippen LogP contribution >= 0.6 is 24.2 Å². The Hall–Kier alpha value is -2.02. The number of hydrogen-bond donors (Lipinski definition) is 2. The maximum absolute atomic E-state index is 12.3. The van der Waals surface area contributed by atoms with Gasteiger partial charge in [0.25, 0.3) is 0 Å². The van der Waals surface area contributed by atoms with Crippen LogP contribution in [0.3, 0.4) is 0 Å². The minimum atomic E-state index is -0.724. The number of amides is 1. The zero-order valence-corrected chi connectivity index (χ0v) is 16.4. The van der Waals surface area contributed by atoms with Crippen LogP contribution in [0.1, 0.15) is 22.7 Å². The summed E-state index contributed by atoms with van der Waals surface area (Å²) < 4.78 is 4.61. The molecule has 0 spiro atoms. The van der Waals surface area contributed by atoms with Gasteiger partial charge in [0.2, 0.25) is 5.91 Å². The standard InChI is InChI=1S/C19H22N2O3S.ClH/c1-13-6-8-15(9-7-13)18(20)19(23)21-16-5-3-4-14(10-16)11-25-12-17(22)24-2;/h3-10,18H,11-12,20H2,1-2H3,(H,21,23);1H. The van der Waals surface area contributed by atoms with Gasteiger partial charge < -0.3 is 15.8 Å². The molecule has 26 heavy (non-hydrogen) atoms. The summed E-state index contributed by atoms with van der Waals surface area (Å²) in [6.45, 7) is 1.99. The van der Waals surface area contributed by atoms with Crippen molar-refractivity contribution in [2.24, 2.45) is 5.73 Å². The van der Waals surface area contributed by atoms with Crippen LogP contribution < -0.4 is 11.1 Å². The number of thioether (sulfide) groups is 1. The first-order valence-electron chi connectivity index (χ1n) is 7.86. The fourth-order valence-electron chi connectivity index (χ4n) is 2.20. The number of esters is 1. The molecule has 0 saturated heterocycles. The number of aryl methyl sites for hydroxylation is 1. The van der Waals surface area contributed by atoms with Gasteiger partial charge in [-0.1, -0.05) is 42.0 Å². The van der Waals surface area contributed by atoms with E-state index in [4.69, 9.17) is 5.73 Å². The van der Waals surface area contributed by atoms with Gasteiger partial charge in [-0.15, -0.1) is 24.2 Å². The third-order valence-corrected chi connectivity index (χ3v) is 4.61. The van der Waals surface area contributed by atoms with Gasteiger partial charge in [0, 0.05) is 11.4 Å². The molecule has 1 unspecified atom stereocenters. The number of rotatable bonds is 7. The van der Waals surface area contributed by atoms with Crippen LogP contribution in [0.2, 0.25) is 0 Å². The third-order valence-electron chi connectivity index (χ3n) is 3.63. The van der Waals surface area contributed by atoms with E-state index in [2.05, 4.69) is 10.1 Å². The van der Waals surface area contributed by atoms with Crippen molar-refractivity contribution in [3.8, 4) is 0 Å². The molecule has 1 amide bonds. The van der Waals surface area contributed by atoms with Gasteiger partial charge in [-0.25, -0.2) is 0 Å². The summed E-state index contributed by atoms with van der Waals surface area (Å²) in [5.74, 6) is 0.440. The largest absolute Gasteiger partial charge is 0.468 e. The van der Waals surface area contributed by atoms with Crippen molar-refractivity contribution in [1.82, 2.24) is 0 Å². The second-order valence-electron chi connectivity index (χ2n) is 5.65. The Labute approximate surface area is 164 Å². The molecule has 0 aliphatic rings. The highest BCUT2D eigenvalue weighted by Gasteiger charge is 2.15. The molecule has 0 heterocycles. The van der Waals surface area contributed by atoms with Crippen LogP contribution in [0.25, 0.3) is 0 Å². The molecule has 0 aliphatic heterocycles. The number of anilines is 1. The van der Waals surface area contributed by atoms with E-state index in [1.165, 1.54) is 18.9 Å². The SMILES string of the molecule is COC(=O)CSCc1cccc(NC(=O)C(N)c2ccc(C)cc2)c1.Cl. The van der Waals surface area contributed by atoms with Crippen LogP contribution in [0.5, 0.6) is 0 Å². The number of methoxy groups -OCH3 is 1. The molecule has 1 atom stereocenters. The lowest BCUT2D eigenvalue weighted by Gasteiger charge is -2.13.